The molecule has 0 fully saturated rings. The second-order valence-corrected chi connectivity index (χ2v) is 6.94. The molecule has 0 unspecified atom stereocenters. The topological polar surface area (TPSA) is 84.6 Å². The maximum absolute atomic E-state index is 13.7. The van der Waals surface area contributed by atoms with Gasteiger partial charge >= 0.3 is 0 Å². The minimum absolute atomic E-state index is 0.0315. The number of nitro benzene ring substituents is 1. The van der Waals surface area contributed by atoms with Crippen molar-refractivity contribution in [3.05, 3.63) is 82.2 Å². The monoisotopic (exact) mass is 400 g/mol. The molecule has 28 heavy (non-hydrogen) atoms. The predicted molar refractivity (Wildman–Crippen MR) is 106 cm³/mol. The summed E-state index contributed by atoms with van der Waals surface area (Å²) in [4.78, 5) is 12.2. The van der Waals surface area contributed by atoms with Crippen LogP contribution in [0, 0.1) is 15.9 Å². The quantitative estimate of drug-likeness (QED) is 0.322. The maximum Gasteiger partial charge on any atom is 0.274 e. The standard InChI is InChI=1S/C20H17FN2O4S/c1-27-15-6-8-16(9-7-15)28-19-5-3-2-4-13(19)12-22-18-11-14(23(25)26)10-17(21)20(18)24/h2-11,22,24H,12H2,1H3. The maximum atomic E-state index is 13.7. The molecule has 6 nitrogen and oxygen atoms in total. The lowest BCUT2D eigenvalue weighted by Gasteiger charge is -2.13. The van der Waals surface area contributed by atoms with Gasteiger partial charge in [-0.15, -0.1) is 0 Å². The Morgan fingerprint density at radius 1 is 1.18 bits per heavy atom. The average Bonchev–Trinajstić information content (AvgIpc) is 2.70. The third kappa shape index (κ3) is 4.52. The van der Waals surface area contributed by atoms with Crippen molar-refractivity contribution >= 4 is 23.1 Å². The zero-order valence-electron chi connectivity index (χ0n) is 14.9. The summed E-state index contributed by atoms with van der Waals surface area (Å²) in [6, 6.07) is 17.0. The zero-order valence-corrected chi connectivity index (χ0v) is 15.7. The van der Waals surface area contributed by atoms with E-state index in [1.54, 1.807) is 18.9 Å². The fraction of sp³-hybridized carbons (Fsp3) is 0.100. The summed E-state index contributed by atoms with van der Waals surface area (Å²) < 4.78 is 18.9. The van der Waals surface area contributed by atoms with Gasteiger partial charge in [-0.05, 0) is 35.9 Å². The summed E-state index contributed by atoms with van der Waals surface area (Å²) in [7, 11) is 1.61. The molecular weight excluding hydrogens is 383 g/mol. The number of ether oxygens (including phenoxy) is 1. The largest absolute Gasteiger partial charge is 0.503 e. The number of anilines is 1. The highest BCUT2D eigenvalue weighted by Crippen LogP contribution is 2.34. The third-order valence-electron chi connectivity index (χ3n) is 3.99. The highest BCUT2D eigenvalue weighted by Gasteiger charge is 2.16. The smallest absolute Gasteiger partial charge is 0.274 e. The number of rotatable bonds is 7. The van der Waals surface area contributed by atoms with Gasteiger partial charge in [0.1, 0.15) is 5.75 Å². The Hall–Kier alpha value is -3.26. The minimum atomic E-state index is -1.04. The normalized spacial score (nSPS) is 10.5. The van der Waals surface area contributed by atoms with Gasteiger partial charge in [0.15, 0.2) is 11.6 Å². The van der Waals surface area contributed by atoms with Gasteiger partial charge < -0.3 is 15.2 Å². The molecule has 0 aliphatic carbocycles. The number of non-ortho nitro benzene ring substituents is 1. The summed E-state index contributed by atoms with van der Waals surface area (Å²) in [5, 5.41) is 23.7. The molecule has 0 atom stereocenters. The van der Waals surface area contributed by atoms with E-state index in [1.807, 2.05) is 48.5 Å². The second kappa shape index (κ2) is 8.62. The van der Waals surface area contributed by atoms with Crippen LogP contribution in [-0.2, 0) is 6.54 Å². The number of nitro groups is 1. The first-order valence-electron chi connectivity index (χ1n) is 8.28. The molecule has 144 valence electrons. The van der Waals surface area contributed by atoms with E-state index in [4.69, 9.17) is 4.74 Å². The lowest BCUT2D eigenvalue weighted by molar-refractivity contribution is -0.385. The third-order valence-corrected chi connectivity index (χ3v) is 5.11. The molecule has 0 aliphatic rings. The molecule has 2 N–H and O–H groups in total. The lowest BCUT2D eigenvalue weighted by Crippen LogP contribution is -2.02. The molecule has 0 radical (unpaired) electrons. The molecule has 0 saturated carbocycles. The molecule has 0 spiro atoms. The number of phenolic OH excluding ortho intramolecular Hbond substituents is 1. The van der Waals surface area contributed by atoms with Crippen LogP contribution in [0.15, 0.2) is 70.5 Å². The average molecular weight is 400 g/mol. The first-order valence-corrected chi connectivity index (χ1v) is 9.10. The highest BCUT2D eigenvalue weighted by atomic mass is 32.2. The SMILES string of the molecule is COc1ccc(Sc2ccccc2CNc2cc([N+](=O)[O-])cc(F)c2O)cc1. The number of aromatic hydroxyl groups is 1. The highest BCUT2D eigenvalue weighted by molar-refractivity contribution is 7.99. The number of benzene rings is 3. The summed E-state index contributed by atoms with van der Waals surface area (Å²) in [6.07, 6.45) is 0. The number of halogens is 1. The van der Waals surface area contributed by atoms with Crippen molar-refractivity contribution in [1.82, 2.24) is 0 Å². The molecule has 0 aliphatic heterocycles. The molecule has 0 saturated heterocycles. The molecule has 8 heteroatoms. The van der Waals surface area contributed by atoms with Crippen LogP contribution < -0.4 is 10.1 Å². The van der Waals surface area contributed by atoms with Crippen LogP contribution in [0.2, 0.25) is 0 Å². The Balaban J connectivity index is 1.79. The van der Waals surface area contributed by atoms with E-state index in [0.717, 1.165) is 27.2 Å². The van der Waals surface area contributed by atoms with Crippen LogP contribution in [-0.4, -0.2) is 17.1 Å². The molecule has 0 heterocycles. The van der Waals surface area contributed by atoms with Crippen LogP contribution in [0.1, 0.15) is 5.56 Å². The molecule has 3 aromatic carbocycles. The number of hydrogen-bond donors (Lipinski definition) is 2. The first kappa shape index (κ1) is 19.5. The first-order chi connectivity index (χ1) is 13.5. The molecule has 0 bridgehead atoms. The second-order valence-electron chi connectivity index (χ2n) is 5.82. The van der Waals surface area contributed by atoms with E-state index in [-0.39, 0.29) is 12.2 Å². The summed E-state index contributed by atoms with van der Waals surface area (Å²) in [5.74, 6) is -0.925. The van der Waals surface area contributed by atoms with Crippen molar-refractivity contribution < 1.29 is 19.2 Å². The van der Waals surface area contributed by atoms with Crippen LogP contribution in [0.5, 0.6) is 11.5 Å². The van der Waals surface area contributed by atoms with Gasteiger partial charge in [0.25, 0.3) is 5.69 Å². The number of methoxy groups -OCH3 is 1. The van der Waals surface area contributed by atoms with Gasteiger partial charge in [-0.3, -0.25) is 10.1 Å². The van der Waals surface area contributed by atoms with E-state index >= 15 is 0 Å². The Morgan fingerprint density at radius 2 is 1.89 bits per heavy atom. The van der Waals surface area contributed by atoms with E-state index in [0.29, 0.717) is 6.07 Å². The van der Waals surface area contributed by atoms with Crippen LogP contribution >= 0.6 is 11.8 Å². The van der Waals surface area contributed by atoms with Crippen molar-refractivity contribution in [2.45, 2.75) is 16.3 Å². The number of hydrogen-bond acceptors (Lipinski definition) is 6. The molecule has 3 aromatic rings. The minimum Gasteiger partial charge on any atom is -0.503 e. The fourth-order valence-electron chi connectivity index (χ4n) is 2.54. The van der Waals surface area contributed by atoms with Gasteiger partial charge in [0, 0.05) is 22.4 Å². The van der Waals surface area contributed by atoms with Crippen LogP contribution in [0.25, 0.3) is 0 Å². The predicted octanol–water partition coefficient (Wildman–Crippen LogP) is 5.21. The molecular formula is C20H17FN2O4S. The fourth-order valence-corrected chi connectivity index (χ4v) is 3.48. The van der Waals surface area contributed by atoms with Crippen molar-refractivity contribution in [3.63, 3.8) is 0 Å². The van der Waals surface area contributed by atoms with Gasteiger partial charge in [0.2, 0.25) is 0 Å². The molecule has 0 aromatic heterocycles. The van der Waals surface area contributed by atoms with Crippen molar-refractivity contribution in [3.8, 4) is 11.5 Å². The van der Waals surface area contributed by atoms with Crippen molar-refractivity contribution in [1.29, 1.82) is 0 Å². The van der Waals surface area contributed by atoms with E-state index in [1.165, 1.54) is 0 Å². The molecule has 3 rings (SSSR count). The summed E-state index contributed by atoms with van der Waals surface area (Å²) in [5.41, 5.74) is 0.435. The van der Waals surface area contributed by atoms with Gasteiger partial charge in [0.05, 0.1) is 23.8 Å². The lowest BCUT2D eigenvalue weighted by atomic mass is 10.2. The van der Waals surface area contributed by atoms with E-state index in [9.17, 15) is 19.6 Å². The Morgan fingerprint density at radius 3 is 2.57 bits per heavy atom. The van der Waals surface area contributed by atoms with Crippen LogP contribution in [0.3, 0.4) is 0 Å². The van der Waals surface area contributed by atoms with Crippen molar-refractivity contribution in [2.24, 2.45) is 0 Å². The van der Waals surface area contributed by atoms with E-state index in [2.05, 4.69) is 5.32 Å². The summed E-state index contributed by atoms with van der Waals surface area (Å²) in [6.45, 7) is 0.257. The Labute approximate surface area is 165 Å². The van der Waals surface area contributed by atoms with E-state index < -0.39 is 22.2 Å². The molecule has 0 amide bonds. The Kier molecular flexibility index (Phi) is 6.00. The summed E-state index contributed by atoms with van der Waals surface area (Å²) >= 11 is 1.54. The van der Waals surface area contributed by atoms with Gasteiger partial charge in [-0.1, -0.05) is 30.0 Å². The van der Waals surface area contributed by atoms with Gasteiger partial charge in [-0.25, -0.2) is 4.39 Å². The van der Waals surface area contributed by atoms with Gasteiger partial charge in [-0.2, -0.15) is 0 Å². The van der Waals surface area contributed by atoms with Crippen LogP contribution in [0.4, 0.5) is 15.8 Å². The Bertz CT molecular complexity index is 996. The van der Waals surface area contributed by atoms with Crippen molar-refractivity contribution in [2.75, 3.05) is 12.4 Å². The number of phenols is 1. The zero-order chi connectivity index (χ0) is 20.1. The number of nitrogens with one attached hydrogen (secondary N) is 1. The number of nitrogens with zero attached hydrogens (tertiary/aromatic N) is 1.